The van der Waals surface area contributed by atoms with Crippen molar-refractivity contribution >= 4 is 15.7 Å². The predicted molar refractivity (Wildman–Crippen MR) is 74.2 cm³/mol. The summed E-state index contributed by atoms with van der Waals surface area (Å²) in [6.07, 6.45) is 0. The fourth-order valence-corrected chi connectivity index (χ4v) is 4.20. The molecule has 18 heavy (non-hydrogen) atoms. The summed E-state index contributed by atoms with van der Waals surface area (Å²) in [5, 5.41) is 3.16. The monoisotopic (exact) mass is 268 g/mol. The summed E-state index contributed by atoms with van der Waals surface area (Å²) in [7, 11) is -1.23. The third-order valence-corrected chi connectivity index (χ3v) is 5.42. The van der Waals surface area contributed by atoms with E-state index in [4.69, 9.17) is 0 Å². The van der Waals surface area contributed by atoms with Crippen molar-refractivity contribution in [2.45, 2.75) is 19.9 Å². The van der Waals surface area contributed by atoms with Gasteiger partial charge in [-0.25, -0.2) is 8.42 Å². The Bertz CT molecular complexity index is 528. The van der Waals surface area contributed by atoms with E-state index in [1.54, 1.807) is 0 Å². The van der Waals surface area contributed by atoms with Crippen molar-refractivity contribution in [3.05, 3.63) is 29.8 Å². The zero-order valence-corrected chi connectivity index (χ0v) is 11.9. The highest BCUT2D eigenvalue weighted by molar-refractivity contribution is 7.93. The van der Waals surface area contributed by atoms with Crippen molar-refractivity contribution in [1.29, 1.82) is 0 Å². The van der Waals surface area contributed by atoms with E-state index in [2.05, 4.69) is 12.2 Å². The van der Waals surface area contributed by atoms with Crippen LogP contribution in [0.25, 0.3) is 0 Å². The first-order valence-corrected chi connectivity index (χ1v) is 7.82. The molecule has 0 radical (unpaired) electrons. The number of nitrogens with zero attached hydrogens (tertiary/aromatic N) is 1. The highest BCUT2D eigenvalue weighted by atomic mass is 32.2. The number of benzene rings is 1. The Balaban J connectivity index is 2.35. The molecule has 1 aromatic rings. The predicted octanol–water partition coefficient (Wildman–Crippen LogP) is 1.75. The Labute approximate surface area is 109 Å². The number of hydrogen-bond donors (Lipinski definition) is 1. The number of rotatable bonds is 3. The molecular formula is C13H20N2O2S. The summed E-state index contributed by atoms with van der Waals surface area (Å²) in [5.74, 6) is 0.444. The lowest BCUT2D eigenvalue weighted by Crippen LogP contribution is -2.25. The second-order valence-corrected chi connectivity index (χ2v) is 6.96. The largest absolute Gasteiger partial charge is 0.313 e. The third-order valence-electron chi connectivity index (χ3n) is 3.40. The van der Waals surface area contributed by atoms with E-state index in [1.807, 2.05) is 38.2 Å². The lowest BCUT2D eigenvalue weighted by Gasteiger charge is -2.19. The quantitative estimate of drug-likeness (QED) is 0.908. The van der Waals surface area contributed by atoms with Crippen molar-refractivity contribution in [1.82, 2.24) is 5.32 Å². The Morgan fingerprint density at radius 3 is 2.72 bits per heavy atom. The van der Waals surface area contributed by atoms with Crippen LogP contribution in [0.4, 0.5) is 5.69 Å². The molecule has 0 aliphatic carbocycles. The van der Waals surface area contributed by atoms with E-state index < -0.39 is 10.0 Å². The van der Waals surface area contributed by atoms with Gasteiger partial charge in [-0.05, 0) is 37.6 Å². The first-order chi connectivity index (χ1) is 8.44. The Morgan fingerprint density at radius 1 is 1.44 bits per heavy atom. The van der Waals surface area contributed by atoms with Gasteiger partial charge >= 0.3 is 0 Å². The van der Waals surface area contributed by atoms with Gasteiger partial charge in [-0.1, -0.05) is 19.1 Å². The van der Waals surface area contributed by atoms with Gasteiger partial charge < -0.3 is 5.32 Å². The van der Waals surface area contributed by atoms with Gasteiger partial charge in [-0.3, -0.25) is 4.31 Å². The van der Waals surface area contributed by atoms with Crippen LogP contribution in [0.2, 0.25) is 0 Å². The van der Waals surface area contributed by atoms with Crippen LogP contribution >= 0.6 is 0 Å². The fourth-order valence-electron chi connectivity index (χ4n) is 2.28. The highest BCUT2D eigenvalue weighted by Crippen LogP contribution is 2.28. The number of hydrogen-bond acceptors (Lipinski definition) is 3. The molecule has 1 aliphatic heterocycles. The van der Waals surface area contributed by atoms with Gasteiger partial charge in [0.05, 0.1) is 11.4 Å². The van der Waals surface area contributed by atoms with Crippen molar-refractivity contribution in [3.8, 4) is 0 Å². The molecule has 4 nitrogen and oxygen atoms in total. The molecule has 2 rings (SSSR count). The van der Waals surface area contributed by atoms with Gasteiger partial charge in [0, 0.05) is 12.6 Å². The van der Waals surface area contributed by atoms with Gasteiger partial charge in [-0.2, -0.15) is 0 Å². The molecule has 100 valence electrons. The summed E-state index contributed by atoms with van der Waals surface area (Å²) in [6, 6.07) is 7.96. The maximum Gasteiger partial charge on any atom is 0.235 e. The second kappa shape index (κ2) is 4.90. The Kier molecular flexibility index (Phi) is 3.64. The van der Waals surface area contributed by atoms with Crippen LogP contribution in [0.3, 0.4) is 0 Å². The normalized spacial score (nSPS) is 24.2. The van der Waals surface area contributed by atoms with Crippen LogP contribution in [0.15, 0.2) is 24.3 Å². The van der Waals surface area contributed by atoms with Crippen molar-refractivity contribution in [2.24, 2.45) is 5.92 Å². The first-order valence-electron chi connectivity index (χ1n) is 6.21. The summed E-state index contributed by atoms with van der Waals surface area (Å²) >= 11 is 0. The molecule has 1 heterocycles. The third kappa shape index (κ3) is 2.52. The van der Waals surface area contributed by atoms with E-state index in [-0.39, 0.29) is 17.7 Å². The summed E-state index contributed by atoms with van der Waals surface area (Å²) in [5.41, 5.74) is 1.88. The van der Waals surface area contributed by atoms with Crippen LogP contribution < -0.4 is 9.62 Å². The van der Waals surface area contributed by atoms with Gasteiger partial charge in [0.1, 0.15) is 0 Å². The number of nitrogens with one attached hydrogen (secondary N) is 1. The highest BCUT2D eigenvalue weighted by Gasteiger charge is 2.33. The van der Waals surface area contributed by atoms with E-state index in [0.29, 0.717) is 6.54 Å². The lowest BCUT2D eigenvalue weighted by atomic mass is 10.1. The minimum atomic E-state index is -3.13. The molecule has 0 aromatic heterocycles. The SMILES string of the molecule is CNC(C)c1cccc(N2CC(C)CS2(=O)=O)c1. The zero-order chi connectivity index (χ0) is 13.3. The van der Waals surface area contributed by atoms with E-state index in [1.165, 1.54) is 4.31 Å². The van der Waals surface area contributed by atoms with Crippen molar-refractivity contribution < 1.29 is 8.42 Å². The number of sulfonamides is 1. The van der Waals surface area contributed by atoms with Crippen LogP contribution in [-0.2, 0) is 10.0 Å². The molecule has 1 saturated heterocycles. The lowest BCUT2D eigenvalue weighted by molar-refractivity contribution is 0.598. The second-order valence-electron chi connectivity index (χ2n) is 5.02. The van der Waals surface area contributed by atoms with Gasteiger partial charge in [-0.15, -0.1) is 0 Å². The summed E-state index contributed by atoms with van der Waals surface area (Å²) in [4.78, 5) is 0. The van der Waals surface area contributed by atoms with Crippen LogP contribution in [0.1, 0.15) is 25.5 Å². The molecule has 1 aromatic carbocycles. The molecule has 2 atom stereocenters. The molecule has 2 unspecified atom stereocenters. The van der Waals surface area contributed by atoms with Crippen LogP contribution in [0, 0.1) is 5.92 Å². The number of anilines is 1. The smallest absolute Gasteiger partial charge is 0.235 e. The van der Waals surface area contributed by atoms with E-state index >= 15 is 0 Å². The van der Waals surface area contributed by atoms with E-state index in [0.717, 1.165) is 11.3 Å². The Morgan fingerprint density at radius 2 is 2.17 bits per heavy atom. The topological polar surface area (TPSA) is 49.4 Å². The molecule has 1 fully saturated rings. The van der Waals surface area contributed by atoms with Crippen LogP contribution in [0.5, 0.6) is 0 Å². The molecule has 5 heteroatoms. The first kappa shape index (κ1) is 13.4. The molecular weight excluding hydrogens is 248 g/mol. The molecule has 1 aliphatic rings. The average molecular weight is 268 g/mol. The molecule has 0 bridgehead atoms. The summed E-state index contributed by atoms with van der Waals surface area (Å²) < 4.78 is 25.6. The van der Waals surface area contributed by atoms with E-state index in [9.17, 15) is 8.42 Å². The molecule has 1 N–H and O–H groups in total. The van der Waals surface area contributed by atoms with Gasteiger partial charge in [0.25, 0.3) is 0 Å². The van der Waals surface area contributed by atoms with Gasteiger partial charge in [0.15, 0.2) is 0 Å². The van der Waals surface area contributed by atoms with Crippen molar-refractivity contribution in [2.75, 3.05) is 23.7 Å². The molecule has 0 saturated carbocycles. The molecule has 0 spiro atoms. The minimum absolute atomic E-state index is 0.195. The maximum atomic E-state index is 12.0. The minimum Gasteiger partial charge on any atom is -0.313 e. The standard InChI is InChI=1S/C13H20N2O2S/c1-10-8-15(18(16,17)9-10)13-6-4-5-12(7-13)11(2)14-3/h4-7,10-11,14H,8-9H2,1-3H3. The van der Waals surface area contributed by atoms with Gasteiger partial charge in [0.2, 0.25) is 10.0 Å². The Hall–Kier alpha value is -1.07. The maximum absolute atomic E-state index is 12.0. The molecule has 0 amide bonds. The zero-order valence-electron chi connectivity index (χ0n) is 11.1. The van der Waals surface area contributed by atoms with Crippen molar-refractivity contribution in [3.63, 3.8) is 0 Å². The fraction of sp³-hybridized carbons (Fsp3) is 0.538. The summed E-state index contributed by atoms with van der Waals surface area (Å²) in [6.45, 7) is 4.61. The van der Waals surface area contributed by atoms with Crippen LogP contribution in [-0.4, -0.2) is 27.8 Å². The average Bonchev–Trinajstić information content (AvgIpc) is 2.61.